The van der Waals surface area contributed by atoms with Gasteiger partial charge < -0.3 is 10.2 Å². The quantitative estimate of drug-likeness (QED) is 0.922. The van der Waals surface area contributed by atoms with E-state index in [2.05, 4.69) is 12.2 Å². The summed E-state index contributed by atoms with van der Waals surface area (Å²) < 4.78 is 13.4. The summed E-state index contributed by atoms with van der Waals surface area (Å²) in [6.45, 7) is 4.44. The minimum atomic E-state index is -0.376. The predicted octanol–water partition coefficient (Wildman–Crippen LogP) is 3.22. The summed E-state index contributed by atoms with van der Waals surface area (Å²) in [5.74, 6) is 0.672. The number of nitrogens with zero attached hydrogens (tertiary/aromatic N) is 1. The number of nitrogens with one attached hydrogen (secondary N) is 1. The van der Waals surface area contributed by atoms with Gasteiger partial charge in [0.25, 0.3) is 0 Å². The molecular weight excluding hydrogens is 303 g/mol. The fourth-order valence-electron chi connectivity index (χ4n) is 3.14. The maximum atomic E-state index is 13.4. The van der Waals surface area contributed by atoms with Crippen molar-refractivity contribution in [3.63, 3.8) is 0 Å². The van der Waals surface area contributed by atoms with Crippen molar-refractivity contribution < 1.29 is 9.18 Å². The normalized spacial score (nSPS) is 25.3. The number of hydrogen-bond donors (Lipinski definition) is 1. The molecule has 1 aromatic rings. The van der Waals surface area contributed by atoms with E-state index < -0.39 is 0 Å². The second-order valence-electron chi connectivity index (χ2n) is 6.56. The molecule has 2 fully saturated rings. The van der Waals surface area contributed by atoms with Crippen molar-refractivity contribution in [1.29, 1.82) is 0 Å². The molecule has 2 aliphatic rings. The monoisotopic (exact) mass is 324 g/mol. The fourth-order valence-corrected chi connectivity index (χ4v) is 3.25. The van der Waals surface area contributed by atoms with Crippen molar-refractivity contribution in [3.8, 4) is 0 Å². The van der Waals surface area contributed by atoms with Crippen LogP contribution in [0, 0.1) is 17.7 Å². The second-order valence-corrected chi connectivity index (χ2v) is 6.97. The van der Waals surface area contributed by atoms with E-state index >= 15 is 0 Å². The SMILES string of the molecule is C[C@@H]1CN(C(=O)C2CC2)CC[C@@H]1NCc1ccc(Cl)c(F)c1. The van der Waals surface area contributed by atoms with Crippen molar-refractivity contribution in [3.05, 3.63) is 34.6 Å². The first-order chi connectivity index (χ1) is 10.5. The number of hydrogen-bond acceptors (Lipinski definition) is 2. The lowest BCUT2D eigenvalue weighted by Crippen LogP contribution is -2.50. The number of rotatable bonds is 4. The highest BCUT2D eigenvalue weighted by Crippen LogP contribution is 2.32. The smallest absolute Gasteiger partial charge is 0.225 e. The van der Waals surface area contributed by atoms with Crippen molar-refractivity contribution >= 4 is 17.5 Å². The standard InChI is InChI=1S/C17H22ClFN2O/c1-11-10-21(17(22)13-3-4-13)7-6-16(11)20-9-12-2-5-14(18)15(19)8-12/h2,5,8,11,13,16,20H,3-4,6-7,9-10H2,1H3/t11-,16+/m1/s1. The van der Waals surface area contributed by atoms with Gasteiger partial charge in [0.2, 0.25) is 5.91 Å². The van der Waals surface area contributed by atoms with Crippen LogP contribution in [0.5, 0.6) is 0 Å². The molecule has 1 saturated carbocycles. The molecule has 120 valence electrons. The molecule has 0 radical (unpaired) electrons. The zero-order valence-electron chi connectivity index (χ0n) is 12.8. The molecule has 0 spiro atoms. The number of carbonyl (C=O) groups excluding carboxylic acids is 1. The minimum Gasteiger partial charge on any atom is -0.342 e. The number of benzene rings is 1. The lowest BCUT2D eigenvalue weighted by molar-refractivity contribution is -0.134. The van der Waals surface area contributed by atoms with Crippen LogP contribution in [0.3, 0.4) is 0 Å². The van der Waals surface area contributed by atoms with Gasteiger partial charge in [-0.15, -0.1) is 0 Å². The molecule has 1 aliphatic carbocycles. The number of carbonyl (C=O) groups is 1. The summed E-state index contributed by atoms with van der Waals surface area (Å²) >= 11 is 5.70. The summed E-state index contributed by atoms with van der Waals surface area (Å²) in [5, 5.41) is 3.65. The third-order valence-corrected chi connectivity index (χ3v) is 5.00. The van der Waals surface area contributed by atoms with Crippen LogP contribution in [0.25, 0.3) is 0 Å². The summed E-state index contributed by atoms with van der Waals surface area (Å²) in [6, 6.07) is 5.27. The molecule has 1 N–H and O–H groups in total. The van der Waals surface area contributed by atoms with E-state index in [9.17, 15) is 9.18 Å². The molecule has 0 bridgehead atoms. The summed E-state index contributed by atoms with van der Waals surface area (Å²) in [7, 11) is 0. The molecule has 1 amide bonds. The Labute approximate surface area is 135 Å². The van der Waals surface area contributed by atoms with E-state index in [1.54, 1.807) is 6.07 Å². The fraction of sp³-hybridized carbons (Fsp3) is 0.588. The van der Waals surface area contributed by atoms with Crippen molar-refractivity contribution in [1.82, 2.24) is 10.2 Å². The predicted molar refractivity (Wildman–Crippen MR) is 85.1 cm³/mol. The van der Waals surface area contributed by atoms with Crippen LogP contribution in [0.2, 0.25) is 5.02 Å². The van der Waals surface area contributed by atoms with Gasteiger partial charge in [0, 0.05) is 31.6 Å². The Morgan fingerprint density at radius 3 is 2.82 bits per heavy atom. The maximum absolute atomic E-state index is 13.4. The summed E-state index contributed by atoms with van der Waals surface area (Å²) in [5.41, 5.74) is 0.894. The molecule has 1 saturated heterocycles. The molecule has 1 heterocycles. The first kappa shape index (κ1) is 15.8. The molecule has 3 rings (SSSR count). The molecule has 0 unspecified atom stereocenters. The Balaban J connectivity index is 1.51. The van der Waals surface area contributed by atoms with Crippen LogP contribution in [0.15, 0.2) is 18.2 Å². The van der Waals surface area contributed by atoms with Gasteiger partial charge in [0.1, 0.15) is 5.82 Å². The molecule has 0 aromatic heterocycles. The van der Waals surface area contributed by atoms with E-state index in [4.69, 9.17) is 11.6 Å². The third-order valence-electron chi connectivity index (χ3n) is 4.70. The first-order valence-electron chi connectivity index (χ1n) is 8.00. The van der Waals surface area contributed by atoms with E-state index in [-0.39, 0.29) is 10.8 Å². The van der Waals surface area contributed by atoms with Crippen LogP contribution >= 0.6 is 11.6 Å². The van der Waals surface area contributed by atoms with Gasteiger partial charge in [0.05, 0.1) is 5.02 Å². The van der Waals surface area contributed by atoms with Crippen LogP contribution in [-0.4, -0.2) is 29.9 Å². The van der Waals surface area contributed by atoms with Crippen molar-refractivity contribution in [2.45, 2.75) is 38.8 Å². The van der Waals surface area contributed by atoms with Gasteiger partial charge in [-0.2, -0.15) is 0 Å². The lowest BCUT2D eigenvalue weighted by Gasteiger charge is -2.37. The Bertz CT molecular complexity index is 562. The highest BCUT2D eigenvalue weighted by Gasteiger charge is 2.36. The lowest BCUT2D eigenvalue weighted by atomic mass is 9.93. The highest BCUT2D eigenvalue weighted by molar-refractivity contribution is 6.30. The largest absolute Gasteiger partial charge is 0.342 e. The molecule has 5 heteroatoms. The zero-order chi connectivity index (χ0) is 15.7. The number of halogens is 2. The van der Waals surface area contributed by atoms with Gasteiger partial charge in [-0.05, 0) is 42.9 Å². The summed E-state index contributed by atoms with van der Waals surface area (Å²) in [6.07, 6.45) is 3.08. The molecule has 1 aliphatic heterocycles. The topological polar surface area (TPSA) is 32.3 Å². The molecule has 1 aromatic carbocycles. The Morgan fingerprint density at radius 1 is 1.41 bits per heavy atom. The number of piperidine rings is 1. The van der Waals surface area contributed by atoms with Gasteiger partial charge in [-0.3, -0.25) is 4.79 Å². The van der Waals surface area contributed by atoms with E-state index in [1.165, 1.54) is 6.07 Å². The second kappa shape index (κ2) is 6.55. The van der Waals surface area contributed by atoms with Gasteiger partial charge >= 0.3 is 0 Å². The van der Waals surface area contributed by atoms with Crippen molar-refractivity contribution in [2.75, 3.05) is 13.1 Å². The molecular formula is C17H22ClFN2O. The summed E-state index contributed by atoms with van der Waals surface area (Å²) in [4.78, 5) is 14.1. The van der Waals surface area contributed by atoms with Crippen molar-refractivity contribution in [2.24, 2.45) is 11.8 Å². The van der Waals surface area contributed by atoms with E-state index in [0.717, 1.165) is 37.9 Å². The number of likely N-dealkylation sites (tertiary alicyclic amines) is 1. The third kappa shape index (κ3) is 3.61. The van der Waals surface area contributed by atoms with Crippen LogP contribution < -0.4 is 5.32 Å². The van der Waals surface area contributed by atoms with E-state index in [0.29, 0.717) is 30.3 Å². The van der Waals surface area contributed by atoms with Gasteiger partial charge in [-0.25, -0.2) is 4.39 Å². The van der Waals surface area contributed by atoms with Crippen LogP contribution in [0.4, 0.5) is 4.39 Å². The average molecular weight is 325 g/mol. The molecule has 2 atom stereocenters. The van der Waals surface area contributed by atoms with Gasteiger partial charge in [-0.1, -0.05) is 24.6 Å². The Kier molecular flexibility index (Phi) is 4.69. The minimum absolute atomic E-state index is 0.156. The van der Waals surface area contributed by atoms with E-state index in [1.807, 2.05) is 11.0 Å². The first-order valence-corrected chi connectivity index (χ1v) is 8.38. The Morgan fingerprint density at radius 2 is 2.18 bits per heavy atom. The number of amides is 1. The average Bonchev–Trinajstić information content (AvgIpc) is 3.33. The van der Waals surface area contributed by atoms with Crippen LogP contribution in [-0.2, 0) is 11.3 Å². The molecule has 22 heavy (non-hydrogen) atoms. The highest BCUT2D eigenvalue weighted by atomic mass is 35.5. The molecule has 3 nitrogen and oxygen atoms in total. The zero-order valence-corrected chi connectivity index (χ0v) is 13.6. The Hall–Kier alpha value is -1.13. The maximum Gasteiger partial charge on any atom is 0.225 e. The van der Waals surface area contributed by atoms with Gasteiger partial charge in [0.15, 0.2) is 0 Å². The van der Waals surface area contributed by atoms with Crippen LogP contribution in [0.1, 0.15) is 31.7 Å².